The van der Waals surface area contributed by atoms with E-state index in [9.17, 15) is 20.3 Å². The number of thiol groups is 1. The summed E-state index contributed by atoms with van der Waals surface area (Å²) in [6, 6.07) is 4.37. The number of hydrogen-bond acceptors (Lipinski definition) is 5. The molecule has 0 saturated heterocycles. The highest BCUT2D eigenvalue weighted by Gasteiger charge is 2.20. The van der Waals surface area contributed by atoms with Gasteiger partial charge in [0, 0.05) is 17.4 Å². The Kier molecular flexibility index (Phi) is 4.28. The number of aliphatic hydroxyl groups is 2. The van der Waals surface area contributed by atoms with Gasteiger partial charge in [0.15, 0.2) is 0 Å². The van der Waals surface area contributed by atoms with E-state index < -0.39 is 17.1 Å². The number of aryl methyl sites for hydroxylation is 1. The Morgan fingerprint density at radius 3 is 2.62 bits per heavy atom. The first kappa shape index (κ1) is 13.0. The van der Waals surface area contributed by atoms with Crippen molar-refractivity contribution in [3.63, 3.8) is 0 Å². The lowest BCUT2D eigenvalue weighted by molar-refractivity contribution is -0.385. The predicted octanol–water partition coefficient (Wildman–Crippen LogP) is 1.23. The van der Waals surface area contributed by atoms with Crippen molar-refractivity contribution in [2.75, 3.05) is 5.75 Å². The molecule has 0 fully saturated rings. The zero-order valence-corrected chi connectivity index (χ0v) is 9.59. The molecule has 1 aromatic carbocycles. The normalized spacial score (nSPS) is 14.5. The smallest absolute Gasteiger partial charge is 0.272 e. The summed E-state index contributed by atoms with van der Waals surface area (Å²) >= 11 is 3.85. The van der Waals surface area contributed by atoms with Gasteiger partial charge in [-0.1, -0.05) is 12.1 Å². The molecule has 0 aromatic heterocycles. The third-order valence-electron chi connectivity index (χ3n) is 2.32. The highest BCUT2D eigenvalue weighted by Crippen LogP contribution is 2.25. The Morgan fingerprint density at radius 2 is 2.12 bits per heavy atom. The predicted molar refractivity (Wildman–Crippen MR) is 62.7 cm³/mol. The van der Waals surface area contributed by atoms with Crippen molar-refractivity contribution >= 4 is 18.3 Å². The van der Waals surface area contributed by atoms with Crippen LogP contribution in [0.5, 0.6) is 0 Å². The Bertz CT molecular complexity index is 396. The summed E-state index contributed by atoms with van der Waals surface area (Å²) in [5.41, 5.74) is 0.767. The van der Waals surface area contributed by atoms with Crippen LogP contribution < -0.4 is 0 Å². The second-order valence-corrected chi connectivity index (χ2v) is 3.86. The van der Waals surface area contributed by atoms with Gasteiger partial charge in [0.05, 0.1) is 11.0 Å². The lowest BCUT2D eigenvalue weighted by atomic mass is 10.0. The lowest BCUT2D eigenvalue weighted by Crippen LogP contribution is -2.19. The zero-order valence-electron chi connectivity index (χ0n) is 8.70. The molecule has 6 heteroatoms. The number of hydrogen-bond donors (Lipinski definition) is 3. The van der Waals surface area contributed by atoms with Crippen LogP contribution in [0.2, 0.25) is 0 Å². The van der Waals surface area contributed by atoms with Crippen LogP contribution in [0.3, 0.4) is 0 Å². The van der Waals surface area contributed by atoms with Crippen molar-refractivity contribution in [3.8, 4) is 0 Å². The summed E-state index contributed by atoms with van der Waals surface area (Å²) in [7, 11) is 0. The van der Waals surface area contributed by atoms with Gasteiger partial charge in [-0.15, -0.1) is 0 Å². The molecule has 0 bridgehead atoms. The van der Waals surface area contributed by atoms with E-state index >= 15 is 0 Å². The Labute approximate surface area is 98.3 Å². The molecule has 0 amide bonds. The number of nitro groups is 1. The minimum Gasteiger partial charge on any atom is -0.389 e. The molecular formula is C10H13NO4S. The molecule has 2 N–H and O–H groups in total. The average Bonchev–Trinajstić information content (AvgIpc) is 2.27. The highest BCUT2D eigenvalue weighted by molar-refractivity contribution is 7.80. The molecule has 88 valence electrons. The van der Waals surface area contributed by atoms with Crippen LogP contribution in [0.1, 0.15) is 17.2 Å². The number of nitrogens with zero attached hydrogens (tertiary/aromatic N) is 1. The summed E-state index contributed by atoms with van der Waals surface area (Å²) in [6.45, 7) is 1.61. The van der Waals surface area contributed by atoms with Crippen LogP contribution in [-0.4, -0.2) is 27.0 Å². The van der Waals surface area contributed by atoms with Crippen LogP contribution >= 0.6 is 12.6 Å². The monoisotopic (exact) mass is 243 g/mol. The first-order chi connectivity index (χ1) is 7.47. The Hall–Kier alpha value is -1.11. The molecule has 1 rings (SSSR count). The summed E-state index contributed by atoms with van der Waals surface area (Å²) in [5, 5.41) is 29.7. The second kappa shape index (κ2) is 5.29. The van der Waals surface area contributed by atoms with Crippen molar-refractivity contribution in [2.45, 2.75) is 19.1 Å². The van der Waals surface area contributed by atoms with Crippen LogP contribution in [0.4, 0.5) is 5.69 Å². The molecule has 0 saturated carbocycles. The molecule has 0 radical (unpaired) electrons. The van der Waals surface area contributed by atoms with Crippen molar-refractivity contribution in [1.82, 2.24) is 0 Å². The standard InChI is InChI=1S/C10H13NO4S/c1-6-2-3-7(4-8(6)11(14)15)10(13)9(12)5-16/h2-4,9-10,12-13,16H,5H2,1H3. The first-order valence-electron chi connectivity index (χ1n) is 4.69. The number of nitro benzene ring substituents is 1. The van der Waals surface area contributed by atoms with Gasteiger partial charge in [-0.3, -0.25) is 10.1 Å². The minimum atomic E-state index is -1.16. The fraction of sp³-hybridized carbons (Fsp3) is 0.400. The molecule has 2 atom stereocenters. The van der Waals surface area contributed by atoms with Gasteiger partial charge in [-0.05, 0) is 12.5 Å². The van der Waals surface area contributed by atoms with Crippen molar-refractivity contribution in [3.05, 3.63) is 39.4 Å². The maximum atomic E-state index is 10.7. The summed E-state index contributed by atoms with van der Waals surface area (Å²) in [5.74, 6) is 0.0862. The molecule has 0 aliphatic rings. The molecular weight excluding hydrogens is 230 g/mol. The van der Waals surface area contributed by atoms with E-state index in [0.717, 1.165) is 0 Å². The number of rotatable bonds is 4. The van der Waals surface area contributed by atoms with Gasteiger partial charge in [0.25, 0.3) is 5.69 Å². The van der Waals surface area contributed by atoms with Gasteiger partial charge in [-0.25, -0.2) is 0 Å². The fourth-order valence-electron chi connectivity index (χ4n) is 1.33. The molecule has 0 heterocycles. The van der Waals surface area contributed by atoms with Gasteiger partial charge >= 0.3 is 0 Å². The average molecular weight is 243 g/mol. The second-order valence-electron chi connectivity index (χ2n) is 3.50. The summed E-state index contributed by atoms with van der Waals surface area (Å²) in [6.07, 6.45) is -2.19. The molecule has 0 aliphatic carbocycles. The maximum absolute atomic E-state index is 10.7. The molecule has 0 aliphatic heterocycles. The van der Waals surface area contributed by atoms with E-state index in [0.29, 0.717) is 11.1 Å². The molecule has 5 nitrogen and oxygen atoms in total. The van der Waals surface area contributed by atoms with Crippen LogP contribution in [-0.2, 0) is 0 Å². The van der Waals surface area contributed by atoms with Gasteiger partial charge < -0.3 is 10.2 Å². The molecule has 0 spiro atoms. The fourth-order valence-corrected chi connectivity index (χ4v) is 1.53. The van der Waals surface area contributed by atoms with Crippen molar-refractivity contribution in [2.24, 2.45) is 0 Å². The minimum absolute atomic E-state index is 0.0667. The van der Waals surface area contributed by atoms with Crippen molar-refractivity contribution in [1.29, 1.82) is 0 Å². The van der Waals surface area contributed by atoms with E-state index in [2.05, 4.69) is 12.6 Å². The van der Waals surface area contributed by atoms with Gasteiger partial charge in [0.2, 0.25) is 0 Å². The highest BCUT2D eigenvalue weighted by atomic mass is 32.1. The van der Waals surface area contributed by atoms with E-state index in [4.69, 9.17) is 0 Å². The van der Waals surface area contributed by atoms with Gasteiger partial charge in [0.1, 0.15) is 6.10 Å². The van der Waals surface area contributed by atoms with Crippen LogP contribution in [0.15, 0.2) is 18.2 Å². The third kappa shape index (κ3) is 2.72. The SMILES string of the molecule is Cc1ccc(C(O)C(O)CS)cc1[N+](=O)[O-]. The topological polar surface area (TPSA) is 83.6 Å². The van der Waals surface area contributed by atoms with E-state index in [-0.39, 0.29) is 11.4 Å². The van der Waals surface area contributed by atoms with E-state index in [1.165, 1.54) is 6.07 Å². The first-order valence-corrected chi connectivity index (χ1v) is 5.32. The lowest BCUT2D eigenvalue weighted by Gasteiger charge is -2.16. The quantitative estimate of drug-likeness (QED) is 0.422. The zero-order chi connectivity index (χ0) is 12.3. The van der Waals surface area contributed by atoms with Crippen LogP contribution in [0.25, 0.3) is 0 Å². The van der Waals surface area contributed by atoms with E-state index in [1.807, 2.05) is 0 Å². The van der Waals surface area contributed by atoms with Crippen molar-refractivity contribution < 1.29 is 15.1 Å². The molecule has 2 unspecified atom stereocenters. The summed E-state index contributed by atoms with van der Waals surface area (Å²) < 4.78 is 0. The van der Waals surface area contributed by atoms with Crippen LogP contribution in [0, 0.1) is 17.0 Å². The Balaban J connectivity index is 3.07. The molecule has 1 aromatic rings. The number of aliphatic hydroxyl groups excluding tert-OH is 2. The largest absolute Gasteiger partial charge is 0.389 e. The third-order valence-corrected chi connectivity index (χ3v) is 2.70. The van der Waals surface area contributed by atoms with Gasteiger partial charge in [-0.2, -0.15) is 12.6 Å². The maximum Gasteiger partial charge on any atom is 0.272 e. The van der Waals surface area contributed by atoms with E-state index in [1.54, 1.807) is 19.1 Å². The summed E-state index contributed by atoms with van der Waals surface area (Å²) in [4.78, 5) is 10.2. The molecule has 16 heavy (non-hydrogen) atoms. The number of benzene rings is 1. The Morgan fingerprint density at radius 1 is 1.50 bits per heavy atom.